The van der Waals surface area contributed by atoms with Crippen LogP contribution in [0.25, 0.3) is 0 Å². The van der Waals surface area contributed by atoms with E-state index >= 15 is 0 Å². The Labute approximate surface area is 43.1 Å². The topological polar surface area (TPSA) is 47.3 Å². The molecule has 0 aliphatic carbocycles. The van der Waals surface area contributed by atoms with Crippen LogP contribution in [0.3, 0.4) is 0 Å². The molecule has 0 bridgehead atoms. The van der Waals surface area contributed by atoms with Crippen molar-refractivity contribution < 1.29 is 4.74 Å². The van der Waals surface area contributed by atoms with Crippen LogP contribution in [0.2, 0.25) is 0 Å². The van der Waals surface area contributed by atoms with Gasteiger partial charge in [-0.15, -0.1) is 0 Å². The fraction of sp³-hybridized carbons (Fsp3) is 0.500. The fourth-order valence-electron chi connectivity index (χ4n) is 0.186. The molecular weight excluding hydrogens is 92.1 g/mol. The van der Waals surface area contributed by atoms with E-state index in [4.69, 9.17) is 5.73 Å². The summed E-state index contributed by atoms with van der Waals surface area (Å²) in [5.74, 6) is 0.530. The van der Waals surface area contributed by atoms with Gasteiger partial charge in [0.05, 0.1) is 7.11 Å². The highest BCUT2D eigenvalue weighted by atomic mass is 16.5. The number of nitrogens with two attached hydrogens (primary N) is 1. The molecular formula is C4H10N2O. The molecule has 0 saturated heterocycles. The largest absolute Gasteiger partial charge is 0.501 e. The summed E-state index contributed by atoms with van der Waals surface area (Å²) < 4.78 is 4.54. The molecule has 0 saturated carbocycles. The Morgan fingerprint density at radius 2 is 2.43 bits per heavy atom. The zero-order chi connectivity index (χ0) is 5.70. The Morgan fingerprint density at radius 1 is 1.86 bits per heavy atom. The molecule has 0 aromatic heterocycles. The van der Waals surface area contributed by atoms with E-state index < -0.39 is 0 Å². The van der Waals surface area contributed by atoms with Gasteiger partial charge in [-0.3, -0.25) is 0 Å². The van der Waals surface area contributed by atoms with Gasteiger partial charge in [-0.2, -0.15) is 0 Å². The van der Waals surface area contributed by atoms with Crippen molar-refractivity contribution in [2.75, 3.05) is 14.2 Å². The molecule has 0 heterocycles. The second kappa shape index (κ2) is 3.33. The molecule has 7 heavy (non-hydrogen) atoms. The minimum absolute atomic E-state index is 0.530. The Bertz CT molecular complexity index is 70.1. The predicted octanol–water partition coefficient (Wildman–Crippen LogP) is -0.390. The first-order valence-electron chi connectivity index (χ1n) is 1.97. The highest BCUT2D eigenvalue weighted by Gasteiger charge is 1.75. The van der Waals surface area contributed by atoms with Crippen molar-refractivity contribution in [3.63, 3.8) is 0 Å². The van der Waals surface area contributed by atoms with E-state index in [1.54, 1.807) is 14.2 Å². The first-order valence-corrected chi connectivity index (χ1v) is 1.97. The van der Waals surface area contributed by atoms with Crippen molar-refractivity contribution in [2.45, 2.75) is 0 Å². The maximum absolute atomic E-state index is 5.21. The summed E-state index contributed by atoms with van der Waals surface area (Å²) in [6.45, 7) is 0. The molecule has 0 amide bonds. The standard InChI is InChI=1S/C4H10N2O/c1-6-4(5)3-7-2/h3,6H,5H2,1-2H3/b4-3+. The SMILES string of the molecule is CN/C(N)=C/OC. The molecule has 0 atom stereocenters. The first kappa shape index (κ1) is 6.14. The summed E-state index contributed by atoms with van der Waals surface area (Å²) in [6.07, 6.45) is 1.43. The van der Waals surface area contributed by atoms with E-state index in [1.807, 2.05) is 0 Å². The first-order chi connectivity index (χ1) is 3.31. The molecule has 0 aromatic carbocycles. The summed E-state index contributed by atoms with van der Waals surface area (Å²) >= 11 is 0. The molecule has 42 valence electrons. The number of hydrogen-bond donors (Lipinski definition) is 2. The Hall–Kier alpha value is -0.860. The molecule has 0 unspecified atom stereocenters. The van der Waals surface area contributed by atoms with Gasteiger partial charge in [0, 0.05) is 7.05 Å². The lowest BCUT2D eigenvalue weighted by atomic mass is 10.8. The van der Waals surface area contributed by atoms with Crippen LogP contribution in [0.15, 0.2) is 12.1 Å². The number of ether oxygens (including phenoxy) is 1. The normalized spacial score (nSPS) is 10.9. The summed E-state index contributed by atoms with van der Waals surface area (Å²) in [5.41, 5.74) is 5.21. The lowest BCUT2D eigenvalue weighted by molar-refractivity contribution is 0.331. The molecule has 3 N–H and O–H groups in total. The van der Waals surface area contributed by atoms with Gasteiger partial charge in [-0.25, -0.2) is 0 Å². The van der Waals surface area contributed by atoms with Crippen molar-refractivity contribution in [2.24, 2.45) is 5.73 Å². The number of rotatable bonds is 2. The quantitative estimate of drug-likeness (QED) is 0.467. The lowest BCUT2D eigenvalue weighted by Crippen LogP contribution is -2.14. The number of methoxy groups -OCH3 is 1. The average Bonchev–Trinajstić information content (AvgIpc) is 1.68. The summed E-state index contributed by atoms with van der Waals surface area (Å²) in [4.78, 5) is 0. The minimum atomic E-state index is 0.530. The van der Waals surface area contributed by atoms with Crippen molar-refractivity contribution in [1.82, 2.24) is 5.32 Å². The van der Waals surface area contributed by atoms with Crippen molar-refractivity contribution in [3.05, 3.63) is 12.1 Å². The van der Waals surface area contributed by atoms with E-state index in [-0.39, 0.29) is 0 Å². The third-order valence-corrected chi connectivity index (χ3v) is 0.533. The van der Waals surface area contributed by atoms with E-state index in [9.17, 15) is 0 Å². The number of nitrogens with one attached hydrogen (secondary N) is 1. The number of hydrogen-bond acceptors (Lipinski definition) is 3. The lowest BCUT2D eigenvalue weighted by Gasteiger charge is -1.94. The molecule has 3 nitrogen and oxygen atoms in total. The third-order valence-electron chi connectivity index (χ3n) is 0.533. The predicted molar refractivity (Wildman–Crippen MR) is 28.3 cm³/mol. The molecule has 0 aliphatic heterocycles. The highest BCUT2D eigenvalue weighted by molar-refractivity contribution is 4.85. The molecule has 0 aromatic rings. The van der Waals surface area contributed by atoms with Crippen molar-refractivity contribution in [3.8, 4) is 0 Å². The van der Waals surface area contributed by atoms with Crippen LogP contribution >= 0.6 is 0 Å². The average molecular weight is 102 g/mol. The van der Waals surface area contributed by atoms with Gasteiger partial charge in [0.1, 0.15) is 12.1 Å². The molecule has 0 radical (unpaired) electrons. The van der Waals surface area contributed by atoms with Gasteiger partial charge in [-0.05, 0) is 0 Å². The molecule has 3 heteroatoms. The zero-order valence-electron chi connectivity index (χ0n) is 4.56. The van der Waals surface area contributed by atoms with Crippen molar-refractivity contribution in [1.29, 1.82) is 0 Å². The molecule has 0 fully saturated rings. The van der Waals surface area contributed by atoms with E-state index in [0.29, 0.717) is 5.82 Å². The second-order valence-corrected chi connectivity index (χ2v) is 1.06. The zero-order valence-corrected chi connectivity index (χ0v) is 4.56. The van der Waals surface area contributed by atoms with Gasteiger partial charge < -0.3 is 15.8 Å². The minimum Gasteiger partial charge on any atom is -0.501 e. The van der Waals surface area contributed by atoms with Gasteiger partial charge in [-0.1, -0.05) is 0 Å². The van der Waals surface area contributed by atoms with Crippen molar-refractivity contribution >= 4 is 0 Å². The third kappa shape index (κ3) is 2.96. The molecule has 0 rings (SSSR count). The van der Waals surface area contributed by atoms with Gasteiger partial charge >= 0.3 is 0 Å². The van der Waals surface area contributed by atoms with Crippen LogP contribution in [-0.4, -0.2) is 14.2 Å². The Balaban J connectivity index is 3.29. The Kier molecular flexibility index (Phi) is 2.92. The monoisotopic (exact) mass is 102 g/mol. The Morgan fingerprint density at radius 3 is 2.57 bits per heavy atom. The second-order valence-electron chi connectivity index (χ2n) is 1.06. The van der Waals surface area contributed by atoms with Crippen LogP contribution in [0.4, 0.5) is 0 Å². The summed E-state index contributed by atoms with van der Waals surface area (Å²) in [6, 6.07) is 0. The molecule has 0 spiro atoms. The van der Waals surface area contributed by atoms with Gasteiger partial charge in [0.15, 0.2) is 0 Å². The summed E-state index contributed by atoms with van der Waals surface area (Å²) in [5, 5.41) is 2.68. The maximum atomic E-state index is 5.21. The smallest absolute Gasteiger partial charge is 0.131 e. The van der Waals surface area contributed by atoms with E-state index in [1.165, 1.54) is 6.26 Å². The van der Waals surface area contributed by atoms with Crippen LogP contribution in [0, 0.1) is 0 Å². The molecule has 0 aliphatic rings. The van der Waals surface area contributed by atoms with Crippen LogP contribution in [-0.2, 0) is 4.74 Å². The maximum Gasteiger partial charge on any atom is 0.131 e. The summed E-state index contributed by atoms with van der Waals surface area (Å²) in [7, 11) is 3.27. The van der Waals surface area contributed by atoms with Crippen LogP contribution in [0.5, 0.6) is 0 Å². The van der Waals surface area contributed by atoms with E-state index in [2.05, 4.69) is 10.1 Å². The van der Waals surface area contributed by atoms with E-state index in [0.717, 1.165) is 0 Å². The van der Waals surface area contributed by atoms with Crippen LogP contribution in [0.1, 0.15) is 0 Å². The van der Waals surface area contributed by atoms with Gasteiger partial charge in [0.2, 0.25) is 0 Å². The van der Waals surface area contributed by atoms with Crippen LogP contribution < -0.4 is 11.1 Å². The highest BCUT2D eigenvalue weighted by Crippen LogP contribution is 1.71. The fourth-order valence-corrected chi connectivity index (χ4v) is 0.186. The van der Waals surface area contributed by atoms with Gasteiger partial charge in [0.25, 0.3) is 0 Å².